The third-order valence-electron chi connectivity index (χ3n) is 8.09. The van der Waals surface area contributed by atoms with E-state index in [1.807, 2.05) is 0 Å². The van der Waals surface area contributed by atoms with Crippen LogP contribution < -0.4 is 0 Å². The maximum atomic E-state index is 2.47. The van der Waals surface area contributed by atoms with Crippen LogP contribution in [0.3, 0.4) is 0 Å². The van der Waals surface area contributed by atoms with Gasteiger partial charge in [0.05, 0.1) is 0 Å². The van der Waals surface area contributed by atoms with Crippen LogP contribution in [0.25, 0.3) is 86.2 Å². The van der Waals surface area contributed by atoms with Crippen molar-refractivity contribution in [3.05, 3.63) is 109 Å². The fourth-order valence-corrected chi connectivity index (χ4v) is 6.70. The molecule has 0 N–H and O–H groups in total. The van der Waals surface area contributed by atoms with Crippen molar-refractivity contribution < 1.29 is 0 Å². The highest BCUT2D eigenvalue weighted by molar-refractivity contribution is 6.39. The normalized spacial score (nSPS) is 12.7. The predicted octanol–water partition coefficient (Wildman–Crippen LogP) is 9.79. The maximum absolute atomic E-state index is 2.47. The van der Waals surface area contributed by atoms with Crippen LogP contribution in [-0.2, 0) is 0 Å². The summed E-state index contributed by atoms with van der Waals surface area (Å²) in [5.74, 6) is 0. The predicted molar refractivity (Wildman–Crippen MR) is 149 cm³/mol. The first kappa shape index (κ1) is 17.1. The van der Waals surface area contributed by atoms with Crippen molar-refractivity contribution in [3.8, 4) is 0 Å². The molecule has 0 heterocycles. The van der Waals surface area contributed by atoms with E-state index in [1.54, 1.807) is 0 Å². The molecule has 0 amide bonds. The van der Waals surface area contributed by atoms with E-state index in [4.69, 9.17) is 0 Å². The molecule has 0 unspecified atom stereocenters. The zero-order chi connectivity index (χ0) is 22.0. The molecule has 9 aromatic rings. The van der Waals surface area contributed by atoms with E-state index in [9.17, 15) is 0 Å². The molecular formula is C34H18. The van der Waals surface area contributed by atoms with Crippen molar-refractivity contribution >= 4 is 86.2 Å². The highest BCUT2D eigenvalue weighted by Gasteiger charge is 2.17. The van der Waals surface area contributed by atoms with Gasteiger partial charge >= 0.3 is 0 Å². The second-order valence-corrected chi connectivity index (χ2v) is 9.69. The van der Waals surface area contributed by atoms with Crippen molar-refractivity contribution in [2.45, 2.75) is 0 Å². The van der Waals surface area contributed by atoms with E-state index in [-0.39, 0.29) is 0 Å². The Labute approximate surface area is 195 Å². The fourth-order valence-electron chi connectivity index (χ4n) is 6.70. The SMILES string of the molecule is c1cc2ccc3cccc4c5cc6c(cc5c(c1)c2c34)c1cccc2ccc3cccc6c3c21. The molecule has 0 fully saturated rings. The van der Waals surface area contributed by atoms with Crippen LogP contribution in [0.5, 0.6) is 0 Å². The van der Waals surface area contributed by atoms with Crippen LogP contribution in [0.2, 0.25) is 0 Å². The van der Waals surface area contributed by atoms with Gasteiger partial charge in [-0.25, -0.2) is 0 Å². The molecule has 0 spiro atoms. The molecule has 9 aromatic carbocycles. The van der Waals surface area contributed by atoms with E-state index in [0.29, 0.717) is 0 Å². The summed E-state index contributed by atoms with van der Waals surface area (Å²) in [5, 5.41) is 21.6. The molecule has 0 nitrogen and oxygen atoms in total. The van der Waals surface area contributed by atoms with Crippen molar-refractivity contribution in [1.29, 1.82) is 0 Å². The van der Waals surface area contributed by atoms with Crippen LogP contribution in [0.1, 0.15) is 0 Å². The zero-order valence-electron chi connectivity index (χ0n) is 18.4. The number of rotatable bonds is 0. The van der Waals surface area contributed by atoms with Gasteiger partial charge in [0.25, 0.3) is 0 Å². The molecule has 0 saturated heterocycles. The first-order valence-corrected chi connectivity index (χ1v) is 12.0. The highest BCUT2D eigenvalue weighted by atomic mass is 14.2. The van der Waals surface area contributed by atoms with Gasteiger partial charge in [-0.05, 0) is 98.3 Å². The van der Waals surface area contributed by atoms with E-state index < -0.39 is 0 Å². The number of hydrogen-bond donors (Lipinski definition) is 0. The fraction of sp³-hybridized carbons (Fsp3) is 0. The number of benzene rings is 9. The third-order valence-corrected chi connectivity index (χ3v) is 8.09. The minimum Gasteiger partial charge on any atom is -0.0610 e. The molecule has 0 aliphatic rings. The van der Waals surface area contributed by atoms with Gasteiger partial charge in [-0.3, -0.25) is 0 Å². The topological polar surface area (TPSA) is 0 Å². The summed E-state index contributed by atoms with van der Waals surface area (Å²) < 4.78 is 0. The van der Waals surface area contributed by atoms with Crippen molar-refractivity contribution in [2.24, 2.45) is 0 Å². The largest absolute Gasteiger partial charge is 0.0610 e. The monoisotopic (exact) mass is 426 g/mol. The molecule has 0 saturated carbocycles. The standard InChI is InChI=1S/C34H18/c1-5-19-13-14-20-6-2-10-24-28-18-30-26-12-4-8-22-16-15-21-7-3-11-25(33(21)34(22)26)29(30)17-27(28)23(9-1)31(19)32(20)24/h1-18H. The summed E-state index contributed by atoms with van der Waals surface area (Å²) in [6.45, 7) is 0. The molecule has 0 aromatic heterocycles. The quantitative estimate of drug-likeness (QED) is 0.167. The summed E-state index contributed by atoms with van der Waals surface area (Å²) in [7, 11) is 0. The molecule has 34 heavy (non-hydrogen) atoms. The zero-order valence-corrected chi connectivity index (χ0v) is 18.4. The second-order valence-electron chi connectivity index (χ2n) is 9.69. The van der Waals surface area contributed by atoms with Crippen LogP contribution in [0, 0.1) is 0 Å². The van der Waals surface area contributed by atoms with E-state index in [0.717, 1.165) is 0 Å². The van der Waals surface area contributed by atoms with Crippen molar-refractivity contribution in [2.75, 3.05) is 0 Å². The lowest BCUT2D eigenvalue weighted by molar-refractivity contribution is 1.79. The van der Waals surface area contributed by atoms with Gasteiger partial charge in [0.2, 0.25) is 0 Å². The van der Waals surface area contributed by atoms with Crippen LogP contribution in [0.4, 0.5) is 0 Å². The van der Waals surface area contributed by atoms with Crippen molar-refractivity contribution in [1.82, 2.24) is 0 Å². The minimum absolute atomic E-state index is 1.32. The molecule has 0 atom stereocenters. The summed E-state index contributed by atoms with van der Waals surface area (Å²) >= 11 is 0. The summed E-state index contributed by atoms with van der Waals surface area (Å²) in [6, 6.07) is 41.1. The molecule has 0 aliphatic heterocycles. The average Bonchev–Trinajstić information content (AvgIpc) is 2.90. The smallest absolute Gasteiger partial charge is 0.00203 e. The lowest BCUT2D eigenvalue weighted by Crippen LogP contribution is -1.90. The first-order chi connectivity index (χ1) is 16.9. The Morgan fingerprint density at radius 2 is 0.500 bits per heavy atom. The van der Waals surface area contributed by atoms with Crippen LogP contribution in [-0.4, -0.2) is 0 Å². The Balaban J connectivity index is 1.67. The van der Waals surface area contributed by atoms with Gasteiger partial charge in [0.1, 0.15) is 0 Å². The van der Waals surface area contributed by atoms with Gasteiger partial charge in [0, 0.05) is 0 Å². The van der Waals surface area contributed by atoms with Crippen LogP contribution >= 0.6 is 0 Å². The second kappa shape index (κ2) is 5.73. The van der Waals surface area contributed by atoms with E-state index >= 15 is 0 Å². The molecule has 154 valence electrons. The van der Waals surface area contributed by atoms with Gasteiger partial charge in [-0.1, -0.05) is 97.1 Å². The minimum atomic E-state index is 1.32. The lowest BCUT2D eigenvalue weighted by Gasteiger charge is -2.18. The van der Waals surface area contributed by atoms with Gasteiger partial charge in [0.15, 0.2) is 0 Å². The Morgan fingerprint density at radius 3 is 0.765 bits per heavy atom. The molecule has 9 rings (SSSR count). The molecule has 0 radical (unpaired) electrons. The average molecular weight is 427 g/mol. The molecule has 0 aliphatic carbocycles. The summed E-state index contributed by atoms with van der Waals surface area (Å²) in [4.78, 5) is 0. The van der Waals surface area contributed by atoms with E-state index in [1.165, 1.54) is 86.2 Å². The molecule has 0 bridgehead atoms. The van der Waals surface area contributed by atoms with Crippen LogP contribution in [0.15, 0.2) is 109 Å². The first-order valence-electron chi connectivity index (χ1n) is 12.0. The highest BCUT2D eigenvalue weighted by Crippen LogP contribution is 2.46. The van der Waals surface area contributed by atoms with Crippen molar-refractivity contribution in [3.63, 3.8) is 0 Å². The van der Waals surface area contributed by atoms with E-state index in [2.05, 4.69) is 109 Å². The lowest BCUT2D eigenvalue weighted by atomic mass is 9.85. The Bertz CT molecular complexity index is 1940. The number of hydrogen-bond acceptors (Lipinski definition) is 0. The third kappa shape index (κ3) is 1.89. The summed E-state index contributed by atoms with van der Waals surface area (Å²) in [5.41, 5.74) is 0. The molecular weight excluding hydrogens is 408 g/mol. The van der Waals surface area contributed by atoms with Gasteiger partial charge in [-0.2, -0.15) is 0 Å². The Kier molecular flexibility index (Phi) is 2.88. The number of fused-ring (bicyclic) bond motifs is 6. The summed E-state index contributed by atoms with van der Waals surface area (Å²) in [6.07, 6.45) is 0. The molecule has 0 heteroatoms. The van der Waals surface area contributed by atoms with Gasteiger partial charge in [-0.15, -0.1) is 0 Å². The Hall–Kier alpha value is -4.42. The Morgan fingerprint density at radius 1 is 0.235 bits per heavy atom. The van der Waals surface area contributed by atoms with Gasteiger partial charge < -0.3 is 0 Å². The maximum Gasteiger partial charge on any atom is -0.00203 e.